The zero-order valence-corrected chi connectivity index (χ0v) is 16.6. The third kappa shape index (κ3) is 10.1. The molecule has 1 N–H and O–H groups in total. The van der Waals surface area contributed by atoms with Crippen LogP contribution in [0.5, 0.6) is 0 Å². The Morgan fingerprint density at radius 2 is 1.92 bits per heavy atom. The number of hydrogen-bond acceptors (Lipinski definition) is 4. The lowest BCUT2D eigenvalue weighted by molar-refractivity contribution is -0.138. The van der Waals surface area contributed by atoms with Gasteiger partial charge in [-0.25, -0.2) is 0 Å². The Morgan fingerprint density at radius 1 is 1.25 bits per heavy atom. The normalized spacial score (nSPS) is 15.3. The molecule has 1 aromatic rings. The molecule has 0 amide bonds. The number of piperidine rings is 1. The van der Waals surface area contributed by atoms with Gasteiger partial charge in [0.2, 0.25) is 0 Å². The summed E-state index contributed by atoms with van der Waals surface area (Å²) in [4.78, 5) is 9.60. The summed E-state index contributed by atoms with van der Waals surface area (Å²) < 4.78 is 11.4. The van der Waals surface area contributed by atoms with Gasteiger partial charge in [0, 0.05) is 11.1 Å². The minimum absolute atomic E-state index is 0.318. The quantitative estimate of drug-likeness (QED) is 0.571. The number of rotatable bonds is 6. The minimum Gasteiger partial charge on any atom is -0.462 e. The zero-order valence-electron chi connectivity index (χ0n) is 15.0. The van der Waals surface area contributed by atoms with Crippen LogP contribution in [0, 0.1) is 5.92 Å². The molecule has 0 atom stereocenters. The fraction of sp³-hybridized carbons (Fsp3) is 0.632. The Morgan fingerprint density at radius 3 is 2.46 bits per heavy atom. The van der Waals surface area contributed by atoms with Gasteiger partial charge in [-0.2, -0.15) is 0 Å². The third-order valence-electron chi connectivity index (χ3n) is 3.75. The first-order chi connectivity index (χ1) is 11.4. The van der Waals surface area contributed by atoms with Crippen molar-refractivity contribution in [3.05, 3.63) is 34.3 Å². The van der Waals surface area contributed by atoms with Crippen LogP contribution in [-0.4, -0.2) is 31.8 Å². The second-order valence-electron chi connectivity index (χ2n) is 6.95. The van der Waals surface area contributed by atoms with Crippen molar-refractivity contribution in [2.75, 3.05) is 19.7 Å². The second kappa shape index (κ2) is 11.6. The molecule has 0 bridgehead atoms. The number of carbonyl (C=O) groups is 1. The van der Waals surface area contributed by atoms with Crippen LogP contribution >= 0.6 is 15.9 Å². The molecule has 5 heteroatoms. The summed E-state index contributed by atoms with van der Waals surface area (Å²) >= 11 is 3.54. The molecule has 1 aromatic carbocycles. The van der Waals surface area contributed by atoms with Crippen LogP contribution in [0.3, 0.4) is 0 Å². The van der Waals surface area contributed by atoms with Gasteiger partial charge in [0.1, 0.15) is 5.60 Å². The number of carbonyl (C=O) groups excluding carboxylic acids is 1. The fourth-order valence-corrected chi connectivity index (χ4v) is 2.76. The monoisotopic (exact) mass is 399 g/mol. The van der Waals surface area contributed by atoms with E-state index in [1.54, 1.807) is 0 Å². The summed E-state index contributed by atoms with van der Waals surface area (Å²) in [7, 11) is 0. The standard InChI is InChI=1S/C14H20BrNO.C5H10O2/c15-14-4-2-1-3-13(14)11-17-10-7-12-5-8-16-9-6-12;1-5(2,3)7-4-6/h1-4,12,16H,5-11H2;4H,1-3H3. The summed E-state index contributed by atoms with van der Waals surface area (Å²) in [6.45, 7) is 9.87. The molecule has 136 valence electrons. The Hall–Kier alpha value is -0.910. The molecule has 0 spiro atoms. The maximum atomic E-state index is 9.60. The van der Waals surface area contributed by atoms with E-state index >= 15 is 0 Å². The van der Waals surface area contributed by atoms with Gasteiger partial charge in [-0.15, -0.1) is 0 Å². The van der Waals surface area contributed by atoms with Crippen molar-refractivity contribution in [2.24, 2.45) is 5.92 Å². The van der Waals surface area contributed by atoms with E-state index in [0.717, 1.165) is 17.0 Å². The van der Waals surface area contributed by atoms with Crippen LogP contribution in [0.25, 0.3) is 0 Å². The number of nitrogens with one attached hydrogen (secondary N) is 1. The van der Waals surface area contributed by atoms with Gasteiger partial charge in [-0.05, 0) is 70.7 Å². The molecule has 1 fully saturated rings. The van der Waals surface area contributed by atoms with Gasteiger partial charge in [0.05, 0.1) is 6.61 Å². The molecule has 1 saturated heterocycles. The smallest absolute Gasteiger partial charge is 0.293 e. The average molecular weight is 400 g/mol. The van der Waals surface area contributed by atoms with Crippen molar-refractivity contribution in [3.63, 3.8) is 0 Å². The predicted molar refractivity (Wildman–Crippen MR) is 101 cm³/mol. The highest BCUT2D eigenvalue weighted by Crippen LogP contribution is 2.18. The highest BCUT2D eigenvalue weighted by molar-refractivity contribution is 9.10. The van der Waals surface area contributed by atoms with Crippen LogP contribution < -0.4 is 5.32 Å². The molecule has 0 unspecified atom stereocenters. The number of ether oxygens (including phenoxy) is 2. The first-order valence-electron chi connectivity index (χ1n) is 8.55. The summed E-state index contributed by atoms with van der Waals surface area (Å²) in [5.74, 6) is 0.857. The van der Waals surface area contributed by atoms with Gasteiger partial charge < -0.3 is 14.8 Å². The fourth-order valence-electron chi connectivity index (χ4n) is 2.36. The molecule has 4 nitrogen and oxygen atoms in total. The number of halogens is 1. The summed E-state index contributed by atoms with van der Waals surface area (Å²) in [5.41, 5.74) is 0.916. The van der Waals surface area contributed by atoms with E-state index in [1.807, 2.05) is 26.8 Å². The maximum Gasteiger partial charge on any atom is 0.293 e. The van der Waals surface area contributed by atoms with Gasteiger partial charge in [0.15, 0.2) is 0 Å². The Bertz CT molecular complexity index is 468. The molecule has 1 aliphatic heterocycles. The molecule has 1 aliphatic rings. The van der Waals surface area contributed by atoms with Crippen molar-refractivity contribution in [1.29, 1.82) is 0 Å². The van der Waals surface area contributed by atoms with Gasteiger partial charge >= 0.3 is 0 Å². The molecular formula is C19H30BrNO3. The van der Waals surface area contributed by atoms with E-state index in [-0.39, 0.29) is 5.60 Å². The molecule has 24 heavy (non-hydrogen) atoms. The van der Waals surface area contributed by atoms with E-state index in [1.165, 1.54) is 37.9 Å². The molecular weight excluding hydrogens is 370 g/mol. The van der Waals surface area contributed by atoms with Crippen molar-refractivity contribution in [3.8, 4) is 0 Å². The highest BCUT2D eigenvalue weighted by atomic mass is 79.9. The highest BCUT2D eigenvalue weighted by Gasteiger charge is 2.12. The van der Waals surface area contributed by atoms with Gasteiger partial charge in [-0.1, -0.05) is 34.1 Å². The summed E-state index contributed by atoms with van der Waals surface area (Å²) in [6, 6.07) is 8.25. The summed E-state index contributed by atoms with van der Waals surface area (Å²) in [5, 5.41) is 3.39. The van der Waals surface area contributed by atoms with Crippen molar-refractivity contribution in [1.82, 2.24) is 5.32 Å². The van der Waals surface area contributed by atoms with Gasteiger partial charge in [0.25, 0.3) is 6.47 Å². The molecule has 0 aromatic heterocycles. The predicted octanol–water partition coefficient (Wildman–Crippen LogP) is 4.31. The van der Waals surface area contributed by atoms with E-state index in [9.17, 15) is 4.79 Å². The average Bonchev–Trinajstić information content (AvgIpc) is 2.54. The largest absolute Gasteiger partial charge is 0.462 e. The third-order valence-corrected chi connectivity index (χ3v) is 4.52. The first-order valence-corrected chi connectivity index (χ1v) is 9.35. The summed E-state index contributed by atoms with van der Waals surface area (Å²) in [6.07, 6.45) is 3.81. The van der Waals surface area contributed by atoms with Gasteiger partial charge in [-0.3, -0.25) is 4.79 Å². The Labute approximate surface area is 154 Å². The van der Waals surface area contributed by atoms with Crippen LogP contribution in [0.1, 0.15) is 45.6 Å². The topological polar surface area (TPSA) is 47.6 Å². The molecule has 0 radical (unpaired) electrons. The minimum atomic E-state index is -0.318. The van der Waals surface area contributed by atoms with Crippen molar-refractivity contribution in [2.45, 2.75) is 52.2 Å². The van der Waals surface area contributed by atoms with E-state index in [2.05, 4.69) is 44.2 Å². The van der Waals surface area contributed by atoms with Crippen LogP contribution in [0.2, 0.25) is 0 Å². The van der Waals surface area contributed by atoms with E-state index in [0.29, 0.717) is 13.1 Å². The molecule has 0 saturated carbocycles. The molecule has 0 aliphatic carbocycles. The van der Waals surface area contributed by atoms with Crippen LogP contribution in [0.15, 0.2) is 28.7 Å². The zero-order chi connectivity index (χ0) is 17.8. The first kappa shape index (κ1) is 21.1. The van der Waals surface area contributed by atoms with Crippen molar-refractivity contribution >= 4 is 22.4 Å². The van der Waals surface area contributed by atoms with Crippen molar-refractivity contribution < 1.29 is 14.3 Å². The Balaban J connectivity index is 0.000000351. The Kier molecular flexibility index (Phi) is 10.2. The lowest BCUT2D eigenvalue weighted by atomic mass is 9.95. The molecule has 2 rings (SSSR count). The number of hydrogen-bond donors (Lipinski definition) is 1. The van der Waals surface area contributed by atoms with E-state index in [4.69, 9.17) is 4.74 Å². The number of benzene rings is 1. The maximum absolute atomic E-state index is 9.60. The SMILES string of the molecule is Brc1ccccc1COCCC1CCNCC1.CC(C)(C)OC=O. The van der Waals surface area contributed by atoms with E-state index < -0.39 is 0 Å². The lowest BCUT2D eigenvalue weighted by Crippen LogP contribution is -2.28. The molecule has 1 heterocycles. The second-order valence-corrected chi connectivity index (χ2v) is 7.81. The van der Waals surface area contributed by atoms with Crippen LogP contribution in [-0.2, 0) is 20.9 Å². The van der Waals surface area contributed by atoms with Crippen LogP contribution in [0.4, 0.5) is 0 Å². The lowest BCUT2D eigenvalue weighted by Gasteiger charge is -2.22.